The highest BCUT2D eigenvalue weighted by Gasteiger charge is 2.40. The van der Waals surface area contributed by atoms with Gasteiger partial charge in [0.1, 0.15) is 0 Å². The van der Waals surface area contributed by atoms with E-state index in [2.05, 4.69) is 36.3 Å². The second kappa shape index (κ2) is 8.15. The Hall–Kier alpha value is -4.34. The minimum absolute atomic E-state index is 0.0353. The second-order valence-electron chi connectivity index (χ2n) is 8.98. The van der Waals surface area contributed by atoms with Crippen molar-refractivity contribution in [1.29, 1.82) is 0 Å². The van der Waals surface area contributed by atoms with Gasteiger partial charge < -0.3 is 4.90 Å². The molecule has 1 saturated heterocycles. The molecule has 4 aromatic heterocycles. The molecule has 0 aromatic carbocycles. The zero-order valence-electron chi connectivity index (χ0n) is 19.8. The average Bonchev–Trinajstić information content (AvgIpc) is 3.42. The molecule has 35 heavy (non-hydrogen) atoms. The van der Waals surface area contributed by atoms with E-state index in [1.807, 2.05) is 51.4 Å². The summed E-state index contributed by atoms with van der Waals surface area (Å²) in [5.41, 5.74) is 6.13. The molecule has 0 radical (unpaired) electrons. The molecule has 2 aliphatic heterocycles. The summed E-state index contributed by atoms with van der Waals surface area (Å²) in [5.74, 6) is 0.904. The van der Waals surface area contributed by atoms with Crippen LogP contribution in [0.2, 0.25) is 0 Å². The van der Waals surface area contributed by atoms with Gasteiger partial charge in [0.05, 0.1) is 28.8 Å². The summed E-state index contributed by atoms with van der Waals surface area (Å²) in [5, 5.41) is 7.29. The van der Waals surface area contributed by atoms with Crippen molar-refractivity contribution in [2.45, 2.75) is 26.3 Å². The minimum atomic E-state index is -0.284. The number of urea groups is 1. The van der Waals surface area contributed by atoms with Crippen LogP contribution in [0.5, 0.6) is 0 Å². The second-order valence-corrected chi connectivity index (χ2v) is 8.98. The van der Waals surface area contributed by atoms with E-state index in [1.54, 1.807) is 22.0 Å². The maximum atomic E-state index is 13.6. The van der Waals surface area contributed by atoms with Crippen molar-refractivity contribution in [3.05, 3.63) is 60.3 Å². The summed E-state index contributed by atoms with van der Waals surface area (Å²) in [6.07, 6.45) is 6.21. The molecule has 0 unspecified atom stereocenters. The first-order chi connectivity index (χ1) is 17.0. The topological polar surface area (TPSA) is 105 Å². The average molecular weight is 468 g/mol. The summed E-state index contributed by atoms with van der Waals surface area (Å²) < 4.78 is 1.75. The van der Waals surface area contributed by atoms with Crippen LogP contribution >= 0.6 is 0 Å². The molecular formula is C25H25N9O. The van der Waals surface area contributed by atoms with Gasteiger partial charge in [-0.05, 0) is 50.6 Å². The molecule has 6 rings (SSSR count). The van der Waals surface area contributed by atoms with Crippen LogP contribution in [0.3, 0.4) is 0 Å². The number of aromatic nitrogens is 6. The minimum Gasteiger partial charge on any atom is -0.366 e. The molecule has 10 heteroatoms. The Morgan fingerprint density at radius 3 is 2.71 bits per heavy atom. The van der Waals surface area contributed by atoms with Gasteiger partial charge in [-0.2, -0.15) is 5.10 Å². The Kier molecular flexibility index (Phi) is 4.94. The number of hydrogen-bond donors (Lipinski definition) is 1. The Balaban J connectivity index is 1.34. The highest BCUT2D eigenvalue weighted by Crippen LogP contribution is 2.40. The first kappa shape index (κ1) is 21.2. The van der Waals surface area contributed by atoms with Gasteiger partial charge in [0.2, 0.25) is 5.95 Å². The zero-order chi connectivity index (χ0) is 24.1. The fourth-order valence-corrected chi connectivity index (χ4v) is 4.91. The molecule has 1 N–H and O–H groups in total. The van der Waals surface area contributed by atoms with Crippen molar-refractivity contribution in [2.75, 3.05) is 28.2 Å². The molecule has 0 spiro atoms. The summed E-state index contributed by atoms with van der Waals surface area (Å²) in [6, 6.07) is 9.56. The number of aryl methyl sites for hydroxylation is 3. The van der Waals surface area contributed by atoms with Gasteiger partial charge in [-0.25, -0.2) is 19.7 Å². The molecule has 0 aliphatic carbocycles. The number of carbonyl (C=O) groups is 1. The summed E-state index contributed by atoms with van der Waals surface area (Å²) in [4.78, 5) is 35.7. The van der Waals surface area contributed by atoms with Crippen molar-refractivity contribution in [1.82, 2.24) is 29.7 Å². The molecule has 1 fully saturated rings. The van der Waals surface area contributed by atoms with Crippen molar-refractivity contribution in [3.63, 3.8) is 0 Å². The van der Waals surface area contributed by atoms with Gasteiger partial charge in [0.25, 0.3) is 0 Å². The Morgan fingerprint density at radius 1 is 1.06 bits per heavy atom. The molecule has 2 bridgehead atoms. The number of anilines is 3. The van der Waals surface area contributed by atoms with E-state index in [1.165, 1.54) is 0 Å². The summed E-state index contributed by atoms with van der Waals surface area (Å²) in [7, 11) is 1.87. The van der Waals surface area contributed by atoms with E-state index in [4.69, 9.17) is 4.98 Å². The third-order valence-corrected chi connectivity index (χ3v) is 6.53. The van der Waals surface area contributed by atoms with Crippen LogP contribution in [0.1, 0.15) is 17.8 Å². The van der Waals surface area contributed by atoms with Gasteiger partial charge in [-0.15, -0.1) is 0 Å². The van der Waals surface area contributed by atoms with Crippen LogP contribution in [0, 0.1) is 13.8 Å². The van der Waals surface area contributed by atoms with Gasteiger partial charge >= 0.3 is 6.03 Å². The first-order valence-electron chi connectivity index (χ1n) is 11.6. The van der Waals surface area contributed by atoms with E-state index in [0.717, 1.165) is 53.4 Å². The maximum Gasteiger partial charge on any atom is 0.330 e. The largest absolute Gasteiger partial charge is 0.366 e. The Bertz CT molecular complexity index is 1450. The number of carbonyl (C=O) groups excluding carboxylic acids is 1. The number of pyridine rings is 2. The third kappa shape index (κ3) is 3.76. The normalized spacial score (nSPS) is 16.4. The smallest absolute Gasteiger partial charge is 0.330 e. The molecule has 0 saturated carbocycles. The molecule has 2 amide bonds. The molecule has 2 aliphatic rings. The highest BCUT2D eigenvalue weighted by atomic mass is 16.2. The Labute approximate surface area is 202 Å². The molecule has 4 aromatic rings. The van der Waals surface area contributed by atoms with Gasteiger partial charge in [0.15, 0.2) is 5.82 Å². The fourth-order valence-electron chi connectivity index (χ4n) is 4.91. The van der Waals surface area contributed by atoms with E-state index < -0.39 is 0 Å². The van der Waals surface area contributed by atoms with Crippen LogP contribution in [0.15, 0.2) is 48.9 Å². The number of hydrogen-bond acceptors (Lipinski definition) is 7. The van der Waals surface area contributed by atoms with E-state index in [-0.39, 0.29) is 18.0 Å². The van der Waals surface area contributed by atoms with Crippen molar-refractivity contribution >= 4 is 23.5 Å². The van der Waals surface area contributed by atoms with Crippen LogP contribution < -0.4 is 15.1 Å². The molecule has 176 valence electrons. The zero-order valence-corrected chi connectivity index (χ0v) is 19.8. The van der Waals surface area contributed by atoms with E-state index in [0.29, 0.717) is 11.5 Å². The number of amides is 2. The fraction of sp³-hybridized carbons (Fsp3) is 0.280. The SMILES string of the molecule is Cc1cc(-c2ccc3c(n2)N(C(=O)Nc2nccc(-c4cn(C)nc4C)n2)[C@H]2CCN3C2)ccn1. The van der Waals surface area contributed by atoms with Crippen molar-refractivity contribution in [2.24, 2.45) is 7.05 Å². The predicted octanol–water partition coefficient (Wildman–Crippen LogP) is 3.58. The quantitative estimate of drug-likeness (QED) is 0.491. The monoisotopic (exact) mass is 467 g/mol. The number of nitrogens with one attached hydrogen (secondary N) is 1. The number of nitrogens with zero attached hydrogens (tertiary/aromatic N) is 8. The van der Waals surface area contributed by atoms with Gasteiger partial charge in [-0.1, -0.05) is 0 Å². The molecule has 10 nitrogen and oxygen atoms in total. The summed E-state index contributed by atoms with van der Waals surface area (Å²) >= 11 is 0. The van der Waals surface area contributed by atoms with Crippen LogP contribution in [-0.4, -0.2) is 54.9 Å². The van der Waals surface area contributed by atoms with Crippen LogP contribution in [-0.2, 0) is 7.05 Å². The third-order valence-electron chi connectivity index (χ3n) is 6.53. The molecular weight excluding hydrogens is 442 g/mol. The van der Waals surface area contributed by atoms with Gasteiger partial charge in [0, 0.05) is 55.5 Å². The lowest BCUT2D eigenvalue weighted by molar-refractivity contribution is 0.254. The predicted molar refractivity (Wildman–Crippen MR) is 133 cm³/mol. The standard InChI is InChI=1S/C25H25N9O/c1-15-12-17(6-9-26-15)20-4-5-22-23(28-20)34(18-8-11-33(22)13-18)25(35)30-24-27-10-7-21(29-24)19-14-32(3)31-16(19)2/h4-7,9-10,12,14,18H,8,11,13H2,1-3H3,(H,27,29,30,35)/t18-/m0/s1. The molecule has 6 heterocycles. The lowest BCUT2D eigenvalue weighted by Gasteiger charge is -2.35. The Morgan fingerprint density at radius 2 is 1.91 bits per heavy atom. The van der Waals surface area contributed by atoms with Crippen molar-refractivity contribution < 1.29 is 4.79 Å². The maximum absolute atomic E-state index is 13.6. The lowest BCUT2D eigenvalue weighted by atomic mass is 10.1. The van der Waals surface area contributed by atoms with Crippen LogP contribution in [0.4, 0.5) is 22.2 Å². The number of fused-ring (bicyclic) bond motifs is 4. The molecule has 1 atom stereocenters. The van der Waals surface area contributed by atoms with Crippen LogP contribution in [0.25, 0.3) is 22.5 Å². The first-order valence-corrected chi connectivity index (χ1v) is 11.6. The van der Waals surface area contributed by atoms with Crippen molar-refractivity contribution in [3.8, 4) is 22.5 Å². The van der Waals surface area contributed by atoms with E-state index in [9.17, 15) is 4.79 Å². The number of rotatable bonds is 3. The van der Waals surface area contributed by atoms with E-state index >= 15 is 0 Å². The lowest BCUT2D eigenvalue weighted by Crippen LogP contribution is -2.48. The highest BCUT2D eigenvalue weighted by molar-refractivity contribution is 6.04. The van der Waals surface area contributed by atoms with Gasteiger partial charge in [-0.3, -0.25) is 19.9 Å². The summed E-state index contributed by atoms with van der Waals surface area (Å²) in [6.45, 7) is 5.56.